The average Bonchev–Trinajstić information content (AvgIpc) is 3.33. The normalized spacial score (nSPS) is 23.1. The lowest BCUT2D eigenvalue weighted by atomic mass is 9.70. The Morgan fingerprint density at radius 1 is 0.647 bits per heavy atom. The van der Waals surface area contributed by atoms with Crippen LogP contribution in [0.5, 0.6) is 5.75 Å². The number of ether oxygens (including phenoxy) is 5. The molecule has 2 saturated heterocycles. The highest BCUT2D eigenvalue weighted by Crippen LogP contribution is 2.50. The summed E-state index contributed by atoms with van der Waals surface area (Å²) in [6, 6.07) is 50.9. The molecule has 0 radical (unpaired) electrons. The van der Waals surface area contributed by atoms with Crippen molar-refractivity contribution in [2.45, 2.75) is 135 Å². The van der Waals surface area contributed by atoms with Crippen LogP contribution in [0, 0.1) is 5.41 Å². The highest BCUT2D eigenvalue weighted by atomic mass is 28.4. The predicted octanol–water partition coefficient (Wildman–Crippen LogP) is 10.1. The quantitative estimate of drug-likeness (QED) is 0.0687. The third-order valence-corrected chi connectivity index (χ3v) is 24.7. The first-order valence-electron chi connectivity index (χ1n) is 24.5. The lowest BCUT2D eigenvalue weighted by Gasteiger charge is -2.55. The molecule has 2 aliphatic rings. The summed E-state index contributed by atoms with van der Waals surface area (Å²) in [5.41, 5.74) is 1.44. The molecule has 0 aromatic heterocycles. The van der Waals surface area contributed by atoms with E-state index in [2.05, 4.69) is 169 Å². The van der Waals surface area contributed by atoms with Gasteiger partial charge in [-0.1, -0.05) is 200 Å². The molecule has 5 aromatic carbocycles. The Balaban J connectivity index is 1.15. The number of aliphatic hydroxyl groups excluding tert-OH is 1. The summed E-state index contributed by atoms with van der Waals surface area (Å²) in [6.45, 7) is 19.2. The summed E-state index contributed by atoms with van der Waals surface area (Å²) in [5.74, 6) is -0.380. The summed E-state index contributed by atoms with van der Waals surface area (Å²) in [4.78, 5) is 0. The molecule has 7 rings (SSSR count). The highest BCUT2D eigenvalue weighted by Gasteiger charge is 2.58. The molecular weight excluding hydrogens is 881 g/mol. The molecule has 2 heterocycles. The summed E-state index contributed by atoms with van der Waals surface area (Å²) >= 11 is 0. The van der Waals surface area contributed by atoms with Crippen molar-refractivity contribution >= 4 is 37.4 Å². The SMILES string of the molecule is COc1ccc(CO[C@H]2C/C(=C/CO[Si](c3ccccc3)(c3ccccc3)C(C)(C)C)C[C@@H](C[C@]3(OC)O[C@H](CCO[Si](c4ccccc4)(c4ccccc4)C(C)(C)C)C[C@H](O)C3(C)C)O2)cc1. The van der Waals surface area contributed by atoms with Gasteiger partial charge < -0.3 is 37.6 Å². The van der Waals surface area contributed by atoms with E-state index in [1.54, 1.807) is 14.2 Å². The van der Waals surface area contributed by atoms with Crippen molar-refractivity contribution in [1.82, 2.24) is 0 Å². The smallest absolute Gasteiger partial charge is 0.261 e. The fraction of sp³-hybridized carbons (Fsp3) is 0.448. The van der Waals surface area contributed by atoms with Crippen molar-refractivity contribution in [2.24, 2.45) is 5.41 Å². The molecule has 0 aliphatic carbocycles. The van der Waals surface area contributed by atoms with E-state index >= 15 is 0 Å². The molecule has 0 unspecified atom stereocenters. The predicted molar refractivity (Wildman–Crippen MR) is 279 cm³/mol. The molecule has 68 heavy (non-hydrogen) atoms. The van der Waals surface area contributed by atoms with Crippen LogP contribution in [0.15, 0.2) is 157 Å². The van der Waals surface area contributed by atoms with Gasteiger partial charge in [0.05, 0.1) is 38.6 Å². The van der Waals surface area contributed by atoms with Gasteiger partial charge in [-0.2, -0.15) is 0 Å². The van der Waals surface area contributed by atoms with E-state index in [-0.39, 0.29) is 22.3 Å². The van der Waals surface area contributed by atoms with E-state index in [1.807, 2.05) is 38.1 Å². The number of hydrogen-bond donors (Lipinski definition) is 1. The summed E-state index contributed by atoms with van der Waals surface area (Å²) in [6.07, 6.45) is 3.02. The van der Waals surface area contributed by atoms with E-state index < -0.39 is 40.2 Å². The molecule has 2 fully saturated rings. The number of methoxy groups -OCH3 is 2. The van der Waals surface area contributed by atoms with E-state index in [4.69, 9.17) is 32.5 Å². The molecule has 1 N–H and O–H groups in total. The second-order valence-corrected chi connectivity index (χ2v) is 29.9. The lowest BCUT2D eigenvalue weighted by Crippen LogP contribution is -2.67. The van der Waals surface area contributed by atoms with Crippen molar-refractivity contribution in [3.63, 3.8) is 0 Å². The van der Waals surface area contributed by atoms with Crippen molar-refractivity contribution in [1.29, 1.82) is 0 Å². The molecule has 10 heteroatoms. The van der Waals surface area contributed by atoms with Gasteiger partial charge in [-0.05, 0) is 61.4 Å². The first-order valence-corrected chi connectivity index (χ1v) is 28.3. The summed E-state index contributed by atoms with van der Waals surface area (Å²) < 4.78 is 47.3. The van der Waals surface area contributed by atoms with Gasteiger partial charge in [-0.25, -0.2) is 0 Å². The zero-order valence-electron chi connectivity index (χ0n) is 42.2. The van der Waals surface area contributed by atoms with Crippen LogP contribution in [-0.4, -0.2) is 79.6 Å². The third kappa shape index (κ3) is 10.9. The van der Waals surface area contributed by atoms with Crippen LogP contribution in [0.4, 0.5) is 0 Å². The first kappa shape index (κ1) is 51.6. The van der Waals surface area contributed by atoms with Gasteiger partial charge in [0.1, 0.15) is 5.75 Å². The molecule has 5 atom stereocenters. The van der Waals surface area contributed by atoms with Gasteiger partial charge in [0.25, 0.3) is 16.6 Å². The standard InChI is InChI=1S/C58H76O8Si2/c1-55(2,3)67(49-23-15-11-16-24-49,50-25-17-12-18-26-50)63-37-35-45-39-48(65-54(40-45)62-43-44-31-33-46(60-9)34-32-44)42-58(61-10)57(7,8)53(59)41-47(66-58)36-38-64-68(56(4,5)6,51-27-19-13-20-28-51)52-29-21-14-22-30-52/h11-35,47-48,53-54,59H,36-43H2,1-10H3/b45-35+/t47-,48+,53+,54-,58+/m1/s1. The van der Waals surface area contributed by atoms with Gasteiger partial charge in [0.15, 0.2) is 12.1 Å². The van der Waals surface area contributed by atoms with Crippen molar-refractivity contribution in [3.8, 4) is 5.75 Å². The molecule has 5 aromatic rings. The fourth-order valence-corrected chi connectivity index (χ4v) is 19.9. The number of aliphatic hydroxyl groups is 1. The van der Waals surface area contributed by atoms with Crippen LogP contribution in [0.25, 0.3) is 0 Å². The topological polar surface area (TPSA) is 84.8 Å². The van der Waals surface area contributed by atoms with Gasteiger partial charge in [0.2, 0.25) is 0 Å². The molecule has 0 spiro atoms. The number of hydrogen-bond acceptors (Lipinski definition) is 8. The molecular formula is C58H76O8Si2. The van der Waals surface area contributed by atoms with Gasteiger partial charge in [0, 0.05) is 38.4 Å². The van der Waals surface area contributed by atoms with Crippen LogP contribution in [-0.2, 0) is 34.4 Å². The lowest BCUT2D eigenvalue weighted by molar-refractivity contribution is -0.360. The van der Waals surface area contributed by atoms with E-state index in [9.17, 15) is 5.11 Å². The molecule has 8 nitrogen and oxygen atoms in total. The summed E-state index contributed by atoms with van der Waals surface area (Å²) in [7, 11) is -2.21. The monoisotopic (exact) mass is 957 g/mol. The molecule has 0 bridgehead atoms. The third-order valence-electron chi connectivity index (χ3n) is 14.6. The van der Waals surface area contributed by atoms with E-state index in [0.717, 1.165) is 11.3 Å². The molecule has 0 saturated carbocycles. The van der Waals surface area contributed by atoms with Gasteiger partial charge in [-0.3, -0.25) is 0 Å². The minimum absolute atomic E-state index is 0.160. The van der Waals surface area contributed by atoms with Crippen molar-refractivity contribution < 1.29 is 37.6 Å². The maximum absolute atomic E-state index is 12.1. The Kier molecular flexibility index (Phi) is 16.6. The molecule has 364 valence electrons. The Hall–Kier alpha value is -4.21. The van der Waals surface area contributed by atoms with Crippen LogP contribution >= 0.6 is 0 Å². The average molecular weight is 957 g/mol. The van der Waals surface area contributed by atoms with Crippen LogP contribution in [0.2, 0.25) is 10.1 Å². The number of rotatable bonds is 18. The zero-order chi connectivity index (χ0) is 48.6. The van der Waals surface area contributed by atoms with Gasteiger partial charge >= 0.3 is 0 Å². The Morgan fingerprint density at radius 2 is 1.13 bits per heavy atom. The summed E-state index contributed by atoms with van der Waals surface area (Å²) in [5, 5.41) is 16.7. The minimum Gasteiger partial charge on any atom is -0.497 e. The Bertz CT molecular complexity index is 2270. The Morgan fingerprint density at radius 3 is 1.59 bits per heavy atom. The first-order chi connectivity index (χ1) is 32.5. The van der Waals surface area contributed by atoms with E-state index in [0.29, 0.717) is 51.9 Å². The fourth-order valence-electron chi connectivity index (χ4n) is 10.8. The zero-order valence-corrected chi connectivity index (χ0v) is 44.2. The molecule has 2 aliphatic heterocycles. The Labute approximate surface area is 409 Å². The van der Waals surface area contributed by atoms with Crippen LogP contribution < -0.4 is 25.5 Å². The van der Waals surface area contributed by atoms with Crippen LogP contribution in [0.1, 0.15) is 93.1 Å². The largest absolute Gasteiger partial charge is 0.497 e. The van der Waals surface area contributed by atoms with E-state index in [1.165, 1.54) is 26.3 Å². The van der Waals surface area contributed by atoms with Crippen molar-refractivity contribution in [3.05, 3.63) is 163 Å². The van der Waals surface area contributed by atoms with Crippen LogP contribution in [0.3, 0.4) is 0 Å². The second kappa shape index (κ2) is 21.8. The second-order valence-electron chi connectivity index (χ2n) is 21.3. The highest BCUT2D eigenvalue weighted by molar-refractivity contribution is 7.00. The van der Waals surface area contributed by atoms with Crippen molar-refractivity contribution in [2.75, 3.05) is 27.4 Å². The van der Waals surface area contributed by atoms with Gasteiger partial charge in [-0.15, -0.1) is 0 Å². The minimum atomic E-state index is -2.79. The maximum Gasteiger partial charge on any atom is 0.261 e. The number of benzene rings is 5. The molecule has 0 amide bonds. The maximum atomic E-state index is 12.1.